The molecule has 0 amide bonds. The maximum atomic E-state index is 8.88. The molecule has 2 rings (SSSR count). The van der Waals surface area contributed by atoms with E-state index < -0.39 is 0 Å². The number of hydrogen-bond donors (Lipinski definition) is 0. The lowest BCUT2D eigenvalue weighted by atomic mass is 10.3. The molecule has 0 spiro atoms. The van der Waals surface area contributed by atoms with Gasteiger partial charge in [-0.25, -0.2) is 4.52 Å². The molecule has 0 unspecified atom stereocenters. The number of rotatable bonds is 3. The second-order valence-corrected chi connectivity index (χ2v) is 3.28. The number of unbranched alkanes of at least 4 members (excludes halogenated alkanes) is 1. The van der Waals surface area contributed by atoms with E-state index in [2.05, 4.69) is 22.7 Å². The van der Waals surface area contributed by atoms with Gasteiger partial charge in [0.1, 0.15) is 11.6 Å². The van der Waals surface area contributed by atoms with Crippen LogP contribution in [0.15, 0.2) is 18.6 Å². The number of nitrogens with zero attached hydrogens (tertiary/aromatic N) is 4. The van der Waals surface area contributed by atoms with Gasteiger partial charge in [0.05, 0.1) is 6.20 Å². The smallest absolute Gasteiger partial charge is 0.153 e. The largest absolute Gasteiger partial charge is 0.330 e. The van der Waals surface area contributed by atoms with E-state index in [1.54, 1.807) is 10.7 Å². The van der Waals surface area contributed by atoms with Crippen LogP contribution < -0.4 is 0 Å². The monoisotopic (exact) mass is 188 g/mol. The van der Waals surface area contributed by atoms with Crippen molar-refractivity contribution in [1.29, 1.82) is 5.26 Å². The van der Waals surface area contributed by atoms with E-state index in [9.17, 15) is 0 Å². The molecule has 0 fully saturated rings. The van der Waals surface area contributed by atoms with E-state index in [-0.39, 0.29) is 0 Å². The quantitative estimate of drug-likeness (QED) is 0.737. The van der Waals surface area contributed by atoms with Crippen molar-refractivity contribution in [2.24, 2.45) is 0 Å². The number of aromatic nitrogens is 3. The fraction of sp³-hybridized carbons (Fsp3) is 0.400. The molecule has 0 atom stereocenters. The van der Waals surface area contributed by atoms with E-state index >= 15 is 0 Å². The molecule has 14 heavy (non-hydrogen) atoms. The van der Waals surface area contributed by atoms with Crippen LogP contribution in [0.4, 0.5) is 0 Å². The van der Waals surface area contributed by atoms with Gasteiger partial charge in [-0.15, -0.1) is 0 Å². The Kier molecular flexibility index (Phi) is 2.23. The second kappa shape index (κ2) is 3.54. The predicted molar refractivity (Wildman–Crippen MR) is 52.8 cm³/mol. The number of hydrogen-bond acceptors (Lipinski definition) is 2. The van der Waals surface area contributed by atoms with Crippen molar-refractivity contribution in [2.75, 3.05) is 0 Å². The van der Waals surface area contributed by atoms with Gasteiger partial charge in [0.15, 0.2) is 5.65 Å². The summed E-state index contributed by atoms with van der Waals surface area (Å²) in [5, 5.41) is 13.0. The van der Waals surface area contributed by atoms with Crippen LogP contribution in [-0.4, -0.2) is 14.2 Å². The first-order chi connectivity index (χ1) is 6.86. The van der Waals surface area contributed by atoms with Gasteiger partial charge in [-0.05, 0) is 6.42 Å². The van der Waals surface area contributed by atoms with Gasteiger partial charge in [0, 0.05) is 18.9 Å². The molecule has 0 saturated heterocycles. The van der Waals surface area contributed by atoms with Crippen LogP contribution in [0.3, 0.4) is 0 Å². The van der Waals surface area contributed by atoms with Crippen LogP contribution in [0.1, 0.15) is 25.3 Å². The first kappa shape index (κ1) is 8.82. The van der Waals surface area contributed by atoms with Gasteiger partial charge >= 0.3 is 0 Å². The van der Waals surface area contributed by atoms with Crippen molar-refractivity contribution in [3.8, 4) is 6.07 Å². The van der Waals surface area contributed by atoms with Gasteiger partial charge in [0.2, 0.25) is 0 Å². The fourth-order valence-electron chi connectivity index (χ4n) is 1.55. The highest BCUT2D eigenvalue weighted by Crippen LogP contribution is 2.11. The van der Waals surface area contributed by atoms with E-state index in [0.717, 1.165) is 25.0 Å². The highest BCUT2D eigenvalue weighted by atomic mass is 15.3. The Labute approximate surface area is 82.4 Å². The van der Waals surface area contributed by atoms with Gasteiger partial charge in [0.25, 0.3) is 0 Å². The Morgan fingerprint density at radius 1 is 1.50 bits per heavy atom. The minimum Gasteiger partial charge on any atom is -0.330 e. The topological polar surface area (TPSA) is 46.0 Å². The summed E-state index contributed by atoms with van der Waals surface area (Å²) in [4.78, 5) is 0. The molecule has 0 radical (unpaired) electrons. The summed E-state index contributed by atoms with van der Waals surface area (Å²) in [5.74, 6) is 0. The van der Waals surface area contributed by atoms with Crippen LogP contribution in [0.2, 0.25) is 0 Å². The average Bonchev–Trinajstić information content (AvgIpc) is 2.75. The van der Waals surface area contributed by atoms with Gasteiger partial charge in [-0.3, -0.25) is 0 Å². The first-order valence-electron chi connectivity index (χ1n) is 4.79. The SMILES string of the molecule is CCCCn1ccn2ncc(C#N)c12. The molecule has 0 aliphatic heterocycles. The van der Waals surface area contributed by atoms with Crippen LogP contribution in [0.5, 0.6) is 0 Å². The Hall–Kier alpha value is -1.76. The molecule has 2 aromatic rings. The minimum absolute atomic E-state index is 0.645. The molecule has 72 valence electrons. The molecule has 4 heteroatoms. The number of imidazole rings is 1. The highest BCUT2D eigenvalue weighted by Gasteiger charge is 2.07. The Bertz CT molecular complexity index is 472. The predicted octanol–water partition coefficient (Wildman–Crippen LogP) is 1.81. The molecule has 2 heterocycles. The van der Waals surface area contributed by atoms with Crippen LogP contribution in [0.25, 0.3) is 5.65 Å². The van der Waals surface area contributed by atoms with Gasteiger partial charge < -0.3 is 4.57 Å². The molecule has 0 saturated carbocycles. The summed E-state index contributed by atoms with van der Waals surface area (Å²) in [6, 6.07) is 2.15. The van der Waals surface area contributed by atoms with Crippen molar-refractivity contribution in [1.82, 2.24) is 14.2 Å². The van der Waals surface area contributed by atoms with Crippen molar-refractivity contribution in [3.05, 3.63) is 24.2 Å². The molecular weight excluding hydrogens is 176 g/mol. The molecular formula is C10H12N4. The molecule has 0 bridgehead atoms. The van der Waals surface area contributed by atoms with Gasteiger partial charge in [-0.1, -0.05) is 13.3 Å². The summed E-state index contributed by atoms with van der Waals surface area (Å²) in [7, 11) is 0. The van der Waals surface area contributed by atoms with E-state index in [0.29, 0.717) is 5.56 Å². The molecule has 2 aromatic heterocycles. The fourth-order valence-corrected chi connectivity index (χ4v) is 1.55. The maximum absolute atomic E-state index is 8.88. The van der Waals surface area contributed by atoms with E-state index in [4.69, 9.17) is 5.26 Å². The number of nitriles is 1. The maximum Gasteiger partial charge on any atom is 0.153 e. The zero-order valence-corrected chi connectivity index (χ0v) is 8.14. The van der Waals surface area contributed by atoms with Gasteiger partial charge in [-0.2, -0.15) is 10.4 Å². The molecule has 0 aliphatic carbocycles. The number of aryl methyl sites for hydroxylation is 1. The standard InChI is InChI=1S/C10H12N4/c1-2-3-4-13-5-6-14-10(13)9(7-11)8-12-14/h5-6,8H,2-4H2,1H3. The van der Waals surface area contributed by atoms with E-state index in [1.807, 2.05) is 12.4 Å². The summed E-state index contributed by atoms with van der Waals surface area (Å²) >= 11 is 0. The molecule has 0 aliphatic rings. The summed E-state index contributed by atoms with van der Waals surface area (Å²) in [5.41, 5.74) is 1.55. The van der Waals surface area contributed by atoms with Crippen molar-refractivity contribution >= 4 is 5.65 Å². The lowest BCUT2D eigenvalue weighted by molar-refractivity contribution is 0.647. The third kappa shape index (κ3) is 1.27. The third-order valence-corrected chi connectivity index (χ3v) is 2.30. The normalized spacial score (nSPS) is 10.6. The summed E-state index contributed by atoms with van der Waals surface area (Å²) < 4.78 is 3.82. The summed E-state index contributed by atoms with van der Waals surface area (Å²) in [6.45, 7) is 3.11. The molecule has 4 nitrogen and oxygen atoms in total. The van der Waals surface area contributed by atoms with Crippen molar-refractivity contribution in [3.63, 3.8) is 0 Å². The van der Waals surface area contributed by atoms with Crippen LogP contribution >= 0.6 is 0 Å². The molecule has 0 aromatic carbocycles. The average molecular weight is 188 g/mol. The van der Waals surface area contributed by atoms with Crippen LogP contribution in [0, 0.1) is 11.3 Å². The zero-order chi connectivity index (χ0) is 9.97. The Morgan fingerprint density at radius 2 is 2.36 bits per heavy atom. The Balaban J connectivity index is 2.44. The Morgan fingerprint density at radius 3 is 3.07 bits per heavy atom. The third-order valence-electron chi connectivity index (χ3n) is 2.30. The summed E-state index contributed by atoms with van der Waals surface area (Å²) in [6.07, 6.45) is 7.74. The number of fused-ring (bicyclic) bond motifs is 1. The lowest BCUT2D eigenvalue weighted by Crippen LogP contribution is -1.96. The van der Waals surface area contributed by atoms with E-state index in [1.165, 1.54) is 0 Å². The molecule has 0 N–H and O–H groups in total. The lowest BCUT2D eigenvalue weighted by Gasteiger charge is -2.00. The zero-order valence-electron chi connectivity index (χ0n) is 8.14. The van der Waals surface area contributed by atoms with Crippen molar-refractivity contribution in [2.45, 2.75) is 26.3 Å². The van der Waals surface area contributed by atoms with Crippen LogP contribution in [-0.2, 0) is 6.54 Å². The van der Waals surface area contributed by atoms with Crippen molar-refractivity contribution < 1.29 is 0 Å². The minimum atomic E-state index is 0.645. The first-order valence-corrected chi connectivity index (χ1v) is 4.79. The second-order valence-electron chi connectivity index (χ2n) is 3.28. The highest BCUT2D eigenvalue weighted by molar-refractivity contribution is 5.54.